The summed E-state index contributed by atoms with van der Waals surface area (Å²) in [5, 5.41) is 10.5. The van der Waals surface area contributed by atoms with E-state index in [0.29, 0.717) is 18.2 Å². The fraction of sp³-hybridized carbons (Fsp3) is 0.222. The van der Waals surface area contributed by atoms with Gasteiger partial charge in [-0.1, -0.05) is 12.1 Å². The lowest BCUT2D eigenvalue weighted by atomic mass is 10.2. The fourth-order valence-corrected chi connectivity index (χ4v) is 2.41. The van der Waals surface area contributed by atoms with Gasteiger partial charge in [0.1, 0.15) is 24.7 Å². The number of amides is 1. The SMILES string of the molecule is COCC(=O)Nc1n[nH]c2ccc(OCc3cccc(OC)c3)cc12. The van der Waals surface area contributed by atoms with Gasteiger partial charge < -0.3 is 19.5 Å². The van der Waals surface area contributed by atoms with Crippen LogP contribution in [0.2, 0.25) is 0 Å². The molecule has 0 radical (unpaired) electrons. The highest BCUT2D eigenvalue weighted by Gasteiger charge is 2.10. The summed E-state index contributed by atoms with van der Waals surface area (Å²) in [4.78, 5) is 11.7. The van der Waals surface area contributed by atoms with Crippen LogP contribution in [0.4, 0.5) is 5.82 Å². The molecule has 0 aliphatic carbocycles. The van der Waals surface area contributed by atoms with Crippen molar-refractivity contribution in [1.29, 1.82) is 0 Å². The van der Waals surface area contributed by atoms with Gasteiger partial charge in [-0.05, 0) is 35.9 Å². The van der Waals surface area contributed by atoms with E-state index < -0.39 is 0 Å². The molecule has 1 amide bonds. The summed E-state index contributed by atoms with van der Waals surface area (Å²) in [6, 6.07) is 13.2. The van der Waals surface area contributed by atoms with Crippen LogP contribution in [0.5, 0.6) is 11.5 Å². The van der Waals surface area contributed by atoms with Gasteiger partial charge in [0.2, 0.25) is 0 Å². The molecule has 0 saturated heterocycles. The quantitative estimate of drug-likeness (QED) is 0.690. The lowest BCUT2D eigenvalue weighted by Gasteiger charge is -2.08. The largest absolute Gasteiger partial charge is 0.497 e. The molecule has 7 nitrogen and oxygen atoms in total. The van der Waals surface area contributed by atoms with E-state index in [1.165, 1.54) is 7.11 Å². The highest BCUT2D eigenvalue weighted by Crippen LogP contribution is 2.26. The first-order chi connectivity index (χ1) is 12.2. The zero-order valence-electron chi connectivity index (χ0n) is 14.0. The van der Waals surface area contributed by atoms with Crippen molar-refractivity contribution in [3.8, 4) is 11.5 Å². The zero-order chi connectivity index (χ0) is 17.6. The van der Waals surface area contributed by atoms with Crippen LogP contribution < -0.4 is 14.8 Å². The Bertz CT molecular complexity index is 876. The Hall–Kier alpha value is -3.06. The van der Waals surface area contributed by atoms with Crippen LogP contribution in [0.15, 0.2) is 42.5 Å². The van der Waals surface area contributed by atoms with Gasteiger partial charge in [-0.2, -0.15) is 5.10 Å². The average Bonchev–Trinajstić information content (AvgIpc) is 3.02. The predicted octanol–water partition coefficient (Wildman–Crippen LogP) is 2.74. The molecular weight excluding hydrogens is 322 g/mol. The molecule has 0 unspecified atom stereocenters. The highest BCUT2D eigenvalue weighted by molar-refractivity contribution is 6.00. The Kier molecular flexibility index (Phi) is 5.15. The number of nitrogens with one attached hydrogen (secondary N) is 2. The van der Waals surface area contributed by atoms with Gasteiger partial charge in [-0.25, -0.2) is 0 Å². The number of methoxy groups -OCH3 is 2. The predicted molar refractivity (Wildman–Crippen MR) is 93.9 cm³/mol. The normalized spacial score (nSPS) is 10.6. The molecule has 0 bridgehead atoms. The first-order valence-electron chi connectivity index (χ1n) is 7.72. The Balaban J connectivity index is 1.74. The molecule has 25 heavy (non-hydrogen) atoms. The van der Waals surface area contributed by atoms with E-state index in [9.17, 15) is 4.79 Å². The number of ether oxygens (including phenoxy) is 3. The number of hydrogen-bond donors (Lipinski definition) is 2. The Morgan fingerprint density at radius 1 is 1.16 bits per heavy atom. The number of carbonyl (C=O) groups excluding carboxylic acids is 1. The van der Waals surface area contributed by atoms with E-state index in [1.807, 2.05) is 42.5 Å². The van der Waals surface area contributed by atoms with E-state index in [4.69, 9.17) is 14.2 Å². The molecule has 0 aliphatic rings. The molecule has 1 heterocycles. The van der Waals surface area contributed by atoms with Gasteiger partial charge in [-0.15, -0.1) is 0 Å². The third-order valence-corrected chi connectivity index (χ3v) is 3.61. The molecule has 2 N–H and O–H groups in total. The van der Waals surface area contributed by atoms with Gasteiger partial charge in [0.05, 0.1) is 12.6 Å². The monoisotopic (exact) mass is 341 g/mol. The van der Waals surface area contributed by atoms with Crippen LogP contribution >= 0.6 is 0 Å². The summed E-state index contributed by atoms with van der Waals surface area (Å²) < 4.78 is 15.9. The van der Waals surface area contributed by atoms with Gasteiger partial charge >= 0.3 is 0 Å². The van der Waals surface area contributed by atoms with E-state index in [-0.39, 0.29) is 12.5 Å². The molecule has 0 saturated carbocycles. The van der Waals surface area contributed by atoms with Crippen molar-refractivity contribution in [2.45, 2.75) is 6.61 Å². The Morgan fingerprint density at radius 3 is 2.84 bits per heavy atom. The summed E-state index contributed by atoms with van der Waals surface area (Å²) in [6.45, 7) is 0.381. The minimum Gasteiger partial charge on any atom is -0.497 e. The van der Waals surface area contributed by atoms with Crippen molar-refractivity contribution < 1.29 is 19.0 Å². The van der Waals surface area contributed by atoms with Crippen LogP contribution in [0.25, 0.3) is 10.9 Å². The van der Waals surface area contributed by atoms with Crippen molar-refractivity contribution in [2.24, 2.45) is 0 Å². The van der Waals surface area contributed by atoms with Crippen molar-refractivity contribution in [3.63, 3.8) is 0 Å². The van der Waals surface area contributed by atoms with Crippen LogP contribution in [-0.2, 0) is 16.1 Å². The van der Waals surface area contributed by atoms with Crippen LogP contribution in [-0.4, -0.2) is 36.9 Å². The lowest BCUT2D eigenvalue weighted by Crippen LogP contribution is -2.17. The number of rotatable bonds is 7. The van der Waals surface area contributed by atoms with E-state index >= 15 is 0 Å². The van der Waals surface area contributed by atoms with Gasteiger partial charge in [0, 0.05) is 12.5 Å². The second kappa shape index (κ2) is 7.67. The topological polar surface area (TPSA) is 85.5 Å². The number of benzene rings is 2. The third kappa shape index (κ3) is 4.07. The maximum atomic E-state index is 11.7. The first kappa shape index (κ1) is 16.8. The number of hydrogen-bond acceptors (Lipinski definition) is 5. The summed E-state index contributed by atoms with van der Waals surface area (Å²) >= 11 is 0. The molecular formula is C18H19N3O4. The van der Waals surface area contributed by atoms with Crippen molar-refractivity contribution in [3.05, 3.63) is 48.0 Å². The smallest absolute Gasteiger partial charge is 0.251 e. The standard InChI is InChI=1S/C18H19N3O4/c1-23-11-17(22)19-18-15-9-14(6-7-16(15)20-21-18)25-10-12-4-3-5-13(8-12)24-2/h3-9H,10-11H2,1-2H3,(H2,19,20,21,22). The number of H-pyrrole nitrogens is 1. The van der Waals surface area contributed by atoms with E-state index in [2.05, 4.69) is 15.5 Å². The lowest BCUT2D eigenvalue weighted by molar-refractivity contribution is -0.119. The molecule has 0 atom stereocenters. The maximum absolute atomic E-state index is 11.7. The molecule has 1 aromatic heterocycles. The first-order valence-corrected chi connectivity index (χ1v) is 7.72. The van der Waals surface area contributed by atoms with E-state index in [0.717, 1.165) is 22.2 Å². The number of aromatic amines is 1. The van der Waals surface area contributed by atoms with Crippen molar-refractivity contribution in [2.75, 3.05) is 26.1 Å². The van der Waals surface area contributed by atoms with Gasteiger partial charge in [-0.3, -0.25) is 9.89 Å². The average molecular weight is 341 g/mol. The third-order valence-electron chi connectivity index (χ3n) is 3.61. The van der Waals surface area contributed by atoms with Gasteiger partial charge in [0.15, 0.2) is 5.82 Å². The minimum atomic E-state index is -0.265. The van der Waals surface area contributed by atoms with Crippen LogP contribution in [0, 0.1) is 0 Å². The molecule has 3 rings (SSSR count). The van der Waals surface area contributed by atoms with Crippen LogP contribution in [0.1, 0.15) is 5.56 Å². The molecule has 0 spiro atoms. The molecule has 7 heteroatoms. The number of anilines is 1. The second-order valence-electron chi connectivity index (χ2n) is 5.40. The summed E-state index contributed by atoms with van der Waals surface area (Å²) in [5.74, 6) is 1.65. The summed E-state index contributed by atoms with van der Waals surface area (Å²) in [5.41, 5.74) is 1.81. The fourth-order valence-electron chi connectivity index (χ4n) is 2.41. The van der Waals surface area contributed by atoms with Crippen molar-refractivity contribution in [1.82, 2.24) is 10.2 Å². The summed E-state index contributed by atoms with van der Waals surface area (Å²) in [7, 11) is 3.10. The number of fused-ring (bicyclic) bond motifs is 1. The summed E-state index contributed by atoms with van der Waals surface area (Å²) in [6.07, 6.45) is 0. The van der Waals surface area contributed by atoms with Crippen LogP contribution in [0.3, 0.4) is 0 Å². The Labute approximate surface area is 144 Å². The molecule has 130 valence electrons. The highest BCUT2D eigenvalue weighted by atomic mass is 16.5. The molecule has 0 fully saturated rings. The second-order valence-corrected chi connectivity index (χ2v) is 5.40. The molecule has 3 aromatic rings. The molecule has 2 aromatic carbocycles. The van der Waals surface area contributed by atoms with Gasteiger partial charge in [0.25, 0.3) is 5.91 Å². The number of carbonyl (C=O) groups is 1. The number of aromatic nitrogens is 2. The maximum Gasteiger partial charge on any atom is 0.251 e. The number of nitrogens with zero attached hydrogens (tertiary/aromatic N) is 1. The zero-order valence-corrected chi connectivity index (χ0v) is 14.0. The van der Waals surface area contributed by atoms with Crippen molar-refractivity contribution >= 4 is 22.6 Å². The molecule has 0 aliphatic heterocycles. The Morgan fingerprint density at radius 2 is 2.04 bits per heavy atom. The van der Waals surface area contributed by atoms with E-state index in [1.54, 1.807) is 7.11 Å². The minimum absolute atomic E-state index is 0.0274.